The summed E-state index contributed by atoms with van der Waals surface area (Å²) in [6.45, 7) is 9.87. The van der Waals surface area contributed by atoms with Gasteiger partial charge in [0.15, 0.2) is 5.16 Å². The van der Waals surface area contributed by atoms with E-state index in [-0.39, 0.29) is 5.91 Å². The number of carbonyl (C=O) groups is 1. The van der Waals surface area contributed by atoms with E-state index in [0.29, 0.717) is 11.7 Å². The van der Waals surface area contributed by atoms with E-state index in [0.717, 1.165) is 56.7 Å². The Hall–Kier alpha value is -1.86. The predicted molar refractivity (Wildman–Crippen MR) is 121 cm³/mol. The van der Waals surface area contributed by atoms with Crippen LogP contribution in [0.4, 0.5) is 0 Å². The van der Waals surface area contributed by atoms with Crippen LogP contribution in [0.25, 0.3) is 0 Å². The van der Waals surface area contributed by atoms with Crippen LogP contribution in [-0.2, 0) is 24.3 Å². The highest BCUT2D eigenvalue weighted by Crippen LogP contribution is 2.22. The standard InChI is InChI=1S/C23H33N5OS/c1-18(2)20-9-7-19(8-10-20)16-26-12-14-27(15-13-26)22(29)17-30-23-25-24-21-6-4-3-5-11-28(21)23/h7-10,18H,3-6,11-17H2,1-2H3. The van der Waals surface area contributed by atoms with Gasteiger partial charge in [0.05, 0.1) is 5.75 Å². The zero-order valence-electron chi connectivity index (χ0n) is 18.2. The molecular formula is C23H33N5OS. The van der Waals surface area contributed by atoms with Crippen molar-refractivity contribution in [2.45, 2.75) is 63.7 Å². The van der Waals surface area contributed by atoms with E-state index in [1.54, 1.807) is 11.8 Å². The van der Waals surface area contributed by atoms with E-state index in [9.17, 15) is 4.79 Å². The van der Waals surface area contributed by atoms with Crippen molar-refractivity contribution in [3.8, 4) is 0 Å². The molecule has 2 aliphatic rings. The molecule has 1 aromatic carbocycles. The van der Waals surface area contributed by atoms with Crippen molar-refractivity contribution >= 4 is 17.7 Å². The summed E-state index contributed by atoms with van der Waals surface area (Å²) in [6.07, 6.45) is 4.62. The van der Waals surface area contributed by atoms with Crippen LogP contribution in [0.5, 0.6) is 0 Å². The molecule has 0 saturated carbocycles. The molecule has 7 heteroatoms. The molecule has 4 rings (SSSR count). The Bertz CT molecular complexity index is 840. The molecule has 0 aliphatic carbocycles. The van der Waals surface area contributed by atoms with E-state index in [2.05, 4.69) is 57.8 Å². The second kappa shape index (κ2) is 9.96. The van der Waals surface area contributed by atoms with Crippen molar-refractivity contribution in [1.82, 2.24) is 24.6 Å². The van der Waals surface area contributed by atoms with Gasteiger partial charge in [-0.25, -0.2) is 0 Å². The lowest BCUT2D eigenvalue weighted by Crippen LogP contribution is -2.48. The Morgan fingerprint density at radius 1 is 1.00 bits per heavy atom. The fraction of sp³-hybridized carbons (Fsp3) is 0.609. The van der Waals surface area contributed by atoms with Gasteiger partial charge in [-0.15, -0.1) is 10.2 Å². The SMILES string of the molecule is CC(C)c1ccc(CN2CCN(C(=O)CSc3nnc4n3CCCCC4)CC2)cc1. The molecule has 0 atom stereocenters. The second-order valence-corrected chi connectivity index (χ2v) is 9.65. The Morgan fingerprint density at radius 3 is 2.50 bits per heavy atom. The number of rotatable bonds is 6. The van der Waals surface area contributed by atoms with Crippen LogP contribution in [0.2, 0.25) is 0 Å². The van der Waals surface area contributed by atoms with Crippen LogP contribution in [0, 0.1) is 0 Å². The number of aryl methyl sites for hydroxylation is 1. The summed E-state index contributed by atoms with van der Waals surface area (Å²) in [5.41, 5.74) is 2.73. The topological polar surface area (TPSA) is 54.3 Å². The van der Waals surface area contributed by atoms with Gasteiger partial charge in [-0.1, -0.05) is 56.3 Å². The molecule has 2 aromatic rings. The van der Waals surface area contributed by atoms with E-state index in [4.69, 9.17) is 0 Å². The van der Waals surface area contributed by atoms with E-state index < -0.39 is 0 Å². The molecule has 1 aromatic heterocycles. The van der Waals surface area contributed by atoms with Crippen molar-refractivity contribution in [3.63, 3.8) is 0 Å². The van der Waals surface area contributed by atoms with Gasteiger partial charge in [0.25, 0.3) is 0 Å². The molecule has 30 heavy (non-hydrogen) atoms. The van der Waals surface area contributed by atoms with Gasteiger partial charge in [0.2, 0.25) is 5.91 Å². The van der Waals surface area contributed by atoms with Gasteiger partial charge >= 0.3 is 0 Å². The van der Waals surface area contributed by atoms with E-state index in [1.807, 2.05) is 4.90 Å². The maximum atomic E-state index is 12.7. The molecule has 0 N–H and O–H groups in total. The van der Waals surface area contributed by atoms with E-state index >= 15 is 0 Å². The number of thioether (sulfide) groups is 1. The minimum atomic E-state index is 0.215. The number of hydrogen-bond donors (Lipinski definition) is 0. The highest BCUT2D eigenvalue weighted by Gasteiger charge is 2.22. The molecule has 0 radical (unpaired) electrons. The molecule has 6 nitrogen and oxygen atoms in total. The highest BCUT2D eigenvalue weighted by atomic mass is 32.2. The number of aromatic nitrogens is 3. The summed E-state index contributed by atoms with van der Waals surface area (Å²) < 4.78 is 2.22. The number of carbonyl (C=O) groups excluding carboxylic acids is 1. The first-order valence-corrected chi connectivity index (χ1v) is 12.2. The lowest BCUT2D eigenvalue weighted by Gasteiger charge is -2.34. The highest BCUT2D eigenvalue weighted by molar-refractivity contribution is 7.99. The summed E-state index contributed by atoms with van der Waals surface area (Å²) in [5, 5.41) is 9.57. The predicted octanol–water partition coefficient (Wildman–Crippen LogP) is 3.56. The van der Waals surface area contributed by atoms with Gasteiger partial charge in [-0.3, -0.25) is 9.69 Å². The summed E-state index contributed by atoms with van der Waals surface area (Å²) >= 11 is 1.54. The average Bonchev–Trinajstić information content (AvgIpc) is 2.99. The maximum Gasteiger partial charge on any atom is 0.233 e. The molecule has 2 aliphatic heterocycles. The van der Waals surface area contributed by atoms with Gasteiger partial charge in [0, 0.05) is 45.7 Å². The number of amides is 1. The summed E-state index contributed by atoms with van der Waals surface area (Å²) in [5.74, 6) is 2.32. The zero-order chi connectivity index (χ0) is 20.9. The minimum Gasteiger partial charge on any atom is -0.339 e. The molecule has 1 amide bonds. The summed E-state index contributed by atoms with van der Waals surface area (Å²) in [4.78, 5) is 17.2. The molecule has 0 unspecified atom stereocenters. The normalized spacial score (nSPS) is 17.8. The van der Waals surface area contributed by atoms with Crippen LogP contribution >= 0.6 is 11.8 Å². The maximum absolute atomic E-state index is 12.7. The molecule has 1 saturated heterocycles. The molecular weight excluding hydrogens is 394 g/mol. The smallest absolute Gasteiger partial charge is 0.233 e. The van der Waals surface area contributed by atoms with Crippen LogP contribution in [-0.4, -0.2) is 62.4 Å². The average molecular weight is 428 g/mol. The number of nitrogens with zero attached hydrogens (tertiary/aromatic N) is 5. The van der Waals surface area contributed by atoms with Gasteiger partial charge in [-0.2, -0.15) is 0 Å². The first-order chi connectivity index (χ1) is 14.6. The van der Waals surface area contributed by atoms with Crippen molar-refractivity contribution < 1.29 is 4.79 Å². The lowest BCUT2D eigenvalue weighted by atomic mass is 10.0. The number of fused-ring (bicyclic) bond motifs is 1. The van der Waals surface area contributed by atoms with Gasteiger partial charge < -0.3 is 9.47 Å². The van der Waals surface area contributed by atoms with Crippen LogP contribution in [0.15, 0.2) is 29.4 Å². The fourth-order valence-corrected chi connectivity index (χ4v) is 5.09. The van der Waals surface area contributed by atoms with Gasteiger partial charge in [-0.05, 0) is 29.9 Å². The third kappa shape index (κ3) is 5.24. The lowest BCUT2D eigenvalue weighted by molar-refractivity contribution is -0.130. The number of hydrogen-bond acceptors (Lipinski definition) is 5. The molecule has 162 valence electrons. The third-order valence-electron chi connectivity index (χ3n) is 6.18. The number of piperazine rings is 1. The third-order valence-corrected chi connectivity index (χ3v) is 7.13. The molecule has 1 fully saturated rings. The molecule has 3 heterocycles. The van der Waals surface area contributed by atoms with Gasteiger partial charge in [0.1, 0.15) is 5.82 Å². The Labute approximate surface area is 184 Å². The summed E-state index contributed by atoms with van der Waals surface area (Å²) in [6, 6.07) is 8.96. The fourth-order valence-electron chi connectivity index (χ4n) is 4.20. The summed E-state index contributed by atoms with van der Waals surface area (Å²) in [7, 11) is 0. The first-order valence-electron chi connectivity index (χ1n) is 11.2. The quantitative estimate of drug-likeness (QED) is 0.660. The van der Waals surface area contributed by atoms with Crippen LogP contribution < -0.4 is 0 Å². The number of benzene rings is 1. The second-order valence-electron chi connectivity index (χ2n) is 8.70. The van der Waals surface area contributed by atoms with E-state index in [1.165, 1.54) is 30.4 Å². The Kier molecular flexibility index (Phi) is 7.10. The Morgan fingerprint density at radius 2 is 1.77 bits per heavy atom. The molecule has 0 spiro atoms. The Balaban J connectivity index is 1.23. The minimum absolute atomic E-state index is 0.215. The van der Waals surface area contributed by atoms with Crippen LogP contribution in [0.3, 0.4) is 0 Å². The monoisotopic (exact) mass is 427 g/mol. The largest absolute Gasteiger partial charge is 0.339 e. The van der Waals surface area contributed by atoms with Crippen molar-refractivity contribution in [2.24, 2.45) is 0 Å². The van der Waals surface area contributed by atoms with Crippen molar-refractivity contribution in [2.75, 3.05) is 31.9 Å². The first kappa shape index (κ1) is 21.4. The van der Waals surface area contributed by atoms with Crippen LogP contribution in [0.1, 0.15) is 56.0 Å². The zero-order valence-corrected chi connectivity index (χ0v) is 19.0. The van der Waals surface area contributed by atoms with Crippen molar-refractivity contribution in [1.29, 1.82) is 0 Å². The van der Waals surface area contributed by atoms with Crippen molar-refractivity contribution in [3.05, 3.63) is 41.2 Å². The molecule has 0 bridgehead atoms.